The molecule has 2 radical (unpaired) electrons. The molecule has 176 valence electrons. The van der Waals surface area contributed by atoms with Crippen molar-refractivity contribution in [3.63, 3.8) is 0 Å². The predicted molar refractivity (Wildman–Crippen MR) is 125 cm³/mol. The second-order valence-corrected chi connectivity index (χ2v) is 9.01. The molecule has 0 N–H and O–H groups in total. The maximum Gasteiger partial charge on any atom is 0.374 e. The molecule has 0 saturated heterocycles. The van der Waals surface area contributed by atoms with Crippen molar-refractivity contribution in [3.05, 3.63) is 96.6 Å². The average molecular weight is 540 g/mol. The number of benzene rings is 3. The Hall–Kier alpha value is -1.58. The van der Waals surface area contributed by atoms with E-state index in [1.54, 1.807) is 30.3 Å². The average Bonchev–Trinajstić information content (AvgIpc) is 2.83. The first-order chi connectivity index (χ1) is 15.6. The third-order valence-corrected chi connectivity index (χ3v) is 5.71. The van der Waals surface area contributed by atoms with Crippen LogP contribution >= 0.6 is 0 Å². The Labute approximate surface area is 247 Å². The third kappa shape index (κ3) is 11.8. The van der Waals surface area contributed by atoms with Gasteiger partial charge in [-0.3, -0.25) is 9.78 Å². The van der Waals surface area contributed by atoms with E-state index in [9.17, 15) is 26.4 Å². The molecular formula is C21H18Na2O10S2. The minimum Gasteiger partial charge on any atom is -0.282 e. The third-order valence-electron chi connectivity index (χ3n) is 3.51. The first-order valence-electron chi connectivity index (χ1n) is 9.04. The summed E-state index contributed by atoms with van der Waals surface area (Å²) in [6.45, 7) is 1.04. The van der Waals surface area contributed by atoms with Gasteiger partial charge < -0.3 is 0 Å². The zero-order valence-electron chi connectivity index (χ0n) is 19.1. The molecule has 0 heterocycles. The molecule has 0 spiro atoms. The monoisotopic (exact) mass is 540 g/mol. The Kier molecular flexibility index (Phi) is 15.5. The number of rotatable bonds is 7. The maximum atomic E-state index is 11.7. The van der Waals surface area contributed by atoms with Gasteiger partial charge >= 0.3 is 32.2 Å². The van der Waals surface area contributed by atoms with E-state index in [-0.39, 0.29) is 74.5 Å². The van der Waals surface area contributed by atoms with E-state index in [1.165, 1.54) is 60.7 Å². The van der Waals surface area contributed by atoms with Gasteiger partial charge in [0, 0.05) is 66.0 Å². The van der Waals surface area contributed by atoms with E-state index in [2.05, 4.69) is 18.4 Å². The molecule has 0 aromatic heterocycles. The molecular weight excluding hydrogens is 522 g/mol. The molecule has 0 unspecified atom stereocenters. The van der Waals surface area contributed by atoms with Crippen LogP contribution in [0, 0.1) is 0 Å². The second kappa shape index (κ2) is 16.2. The summed E-state index contributed by atoms with van der Waals surface area (Å²) < 4.78 is 54.1. The molecule has 35 heavy (non-hydrogen) atoms. The van der Waals surface area contributed by atoms with Gasteiger partial charge in [-0.05, 0) is 45.1 Å². The van der Waals surface area contributed by atoms with Gasteiger partial charge in [-0.25, -0.2) is 9.59 Å². The fourth-order valence-corrected chi connectivity index (χ4v) is 3.52. The summed E-state index contributed by atoms with van der Waals surface area (Å²) in [6, 6.07) is 22.7. The van der Waals surface area contributed by atoms with Crippen molar-refractivity contribution in [2.24, 2.45) is 0 Å². The molecule has 3 aromatic carbocycles. The Morgan fingerprint density at radius 3 is 1.29 bits per heavy atom. The fourth-order valence-electron chi connectivity index (χ4n) is 2.04. The van der Waals surface area contributed by atoms with Gasteiger partial charge in [-0.15, -0.1) is 0 Å². The van der Waals surface area contributed by atoms with E-state index in [0.717, 1.165) is 6.92 Å². The number of carbonyl (C=O) groups excluding carboxylic acids is 2. The fraction of sp³-hybridized carbons (Fsp3) is 0.0476. The van der Waals surface area contributed by atoms with Gasteiger partial charge in [0.25, 0.3) is 0 Å². The predicted octanol–water partition coefficient (Wildman–Crippen LogP) is 2.27. The molecule has 0 aliphatic heterocycles. The Bertz CT molecular complexity index is 1270. The summed E-state index contributed by atoms with van der Waals surface area (Å²) in [6.07, 6.45) is 0. The minimum absolute atomic E-state index is 0. The van der Waals surface area contributed by atoms with Crippen molar-refractivity contribution in [3.8, 4) is 0 Å². The van der Waals surface area contributed by atoms with Crippen LogP contribution < -0.4 is 0 Å². The molecule has 0 aliphatic rings. The molecule has 3 aromatic rings. The van der Waals surface area contributed by atoms with Crippen LogP contribution in [0.1, 0.15) is 17.3 Å². The summed E-state index contributed by atoms with van der Waals surface area (Å²) in [4.78, 5) is 29.9. The van der Waals surface area contributed by atoms with Crippen LogP contribution in [0.15, 0.2) is 101 Å². The smallest absolute Gasteiger partial charge is 0.282 e. The summed E-state index contributed by atoms with van der Waals surface area (Å²) in [5, 5.41) is 0. The van der Waals surface area contributed by atoms with Gasteiger partial charge in [-0.1, -0.05) is 54.6 Å². The molecule has 0 bridgehead atoms. The van der Waals surface area contributed by atoms with E-state index in [1.807, 2.05) is 0 Å². The topological polar surface area (TPSA) is 139 Å². The van der Waals surface area contributed by atoms with Crippen LogP contribution in [0.5, 0.6) is 0 Å². The quantitative estimate of drug-likeness (QED) is 0.249. The van der Waals surface area contributed by atoms with Crippen LogP contribution in [0.3, 0.4) is 0 Å². The first-order valence-corrected chi connectivity index (χ1v) is 11.9. The molecule has 0 atom stereocenters. The number of hydrogen-bond donors (Lipinski definition) is 0. The van der Waals surface area contributed by atoms with Crippen molar-refractivity contribution in [2.75, 3.05) is 0 Å². The molecule has 10 nitrogen and oxygen atoms in total. The number of hydrogen-bond acceptors (Lipinski definition) is 10. The Morgan fingerprint density at radius 2 is 0.914 bits per heavy atom. The standard InChI is InChI=1S/C13H10O5S.C8H8O5S.2Na/c14-13(11-7-3-1-4-8-11)17-18-19(15,16)12-9-5-2-6-10-12;1-7(9)12-13-14(10,11)8-5-3-2-4-6-8;;/h1-10H;2-6H,1H3;;. The van der Waals surface area contributed by atoms with Crippen molar-refractivity contribution >= 4 is 91.3 Å². The van der Waals surface area contributed by atoms with Crippen LogP contribution in [-0.4, -0.2) is 87.9 Å². The zero-order chi connectivity index (χ0) is 24.3. The number of carbonyl (C=O) groups is 2. The van der Waals surface area contributed by atoms with E-state index >= 15 is 0 Å². The summed E-state index contributed by atoms with van der Waals surface area (Å²) in [5.41, 5.74) is 0.200. The largest absolute Gasteiger partial charge is 0.374 e. The van der Waals surface area contributed by atoms with E-state index in [0.29, 0.717) is 0 Å². The molecule has 14 heteroatoms. The normalized spacial score (nSPS) is 10.3. The zero-order valence-corrected chi connectivity index (χ0v) is 24.7. The Morgan fingerprint density at radius 1 is 0.571 bits per heavy atom. The van der Waals surface area contributed by atoms with Gasteiger partial charge in [0.05, 0.1) is 15.4 Å². The van der Waals surface area contributed by atoms with Crippen molar-refractivity contribution in [2.45, 2.75) is 16.7 Å². The van der Waals surface area contributed by atoms with Gasteiger partial charge in [0.2, 0.25) is 0 Å². The van der Waals surface area contributed by atoms with Gasteiger partial charge in [0.1, 0.15) is 0 Å². The van der Waals surface area contributed by atoms with Gasteiger partial charge in [-0.2, -0.15) is 16.8 Å². The minimum atomic E-state index is -4.11. The Balaban J connectivity index is 0.000000652. The molecule has 0 aliphatic carbocycles. The molecule has 0 saturated carbocycles. The van der Waals surface area contributed by atoms with E-state index in [4.69, 9.17) is 0 Å². The van der Waals surface area contributed by atoms with Crippen LogP contribution in [-0.2, 0) is 43.5 Å². The van der Waals surface area contributed by atoms with Crippen LogP contribution in [0.4, 0.5) is 0 Å². The van der Waals surface area contributed by atoms with Crippen LogP contribution in [0.25, 0.3) is 0 Å². The summed E-state index contributed by atoms with van der Waals surface area (Å²) >= 11 is 0. The SMILES string of the molecule is CC(=O)OOS(=O)(=O)c1ccccc1.O=C(OOS(=O)(=O)c1ccccc1)c1ccccc1.[Na].[Na]. The van der Waals surface area contributed by atoms with Crippen molar-refractivity contribution < 1.29 is 44.9 Å². The van der Waals surface area contributed by atoms with Crippen molar-refractivity contribution in [1.82, 2.24) is 0 Å². The molecule has 0 amide bonds. The summed E-state index contributed by atoms with van der Waals surface area (Å²) in [5.74, 6) is -1.70. The summed E-state index contributed by atoms with van der Waals surface area (Å²) in [7, 11) is -8.10. The molecule has 0 fully saturated rings. The molecule has 3 rings (SSSR count). The van der Waals surface area contributed by atoms with E-state index < -0.39 is 32.2 Å². The van der Waals surface area contributed by atoms with Crippen LogP contribution in [0.2, 0.25) is 0 Å². The van der Waals surface area contributed by atoms with Crippen molar-refractivity contribution in [1.29, 1.82) is 0 Å². The second-order valence-electron chi connectivity index (χ2n) is 5.98. The maximum absolute atomic E-state index is 11.7. The first kappa shape index (κ1) is 33.4. The van der Waals surface area contributed by atoms with Gasteiger partial charge in [0.15, 0.2) is 0 Å².